The molecular weight excluding hydrogens is 347 g/mol. The van der Waals surface area contributed by atoms with E-state index in [1.54, 1.807) is 0 Å². The van der Waals surface area contributed by atoms with Crippen LogP contribution in [-0.4, -0.2) is 39.2 Å². The zero-order valence-corrected chi connectivity index (χ0v) is 16.9. The first-order valence-corrected chi connectivity index (χ1v) is 10.5. The average molecular weight is 381 g/mol. The quantitative estimate of drug-likeness (QED) is 0.732. The Morgan fingerprint density at radius 1 is 1.19 bits per heavy atom. The summed E-state index contributed by atoms with van der Waals surface area (Å²) in [6.45, 7) is 7.10. The molecule has 4 aliphatic carbocycles. The summed E-state index contributed by atoms with van der Waals surface area (Å²) in [7, 11) is 0. The Morgan fingerprint density at radius 3 is 2.48 bits per heavy atom. The lowest BCUT2D eigenvalue weighted by molar-refractivity contribution is -0.254. The van der Waals surface area contributed by atoms with Crippen molar-refractivity contribution < 1.29 is 24.2 Å². The maximum absolute atomic E-state index is 16.9. The van der Waals surface area contributed by atoms with Crippen LogP contribution in [0.5, 0.6) is 0 Å². The highest BCUT2D eigenvalue weighted by Crippen LogP contribution is 2.71. The van der Waals surface area contributed by atoms with Gasteiger partial charge in [0.1, 0.15) is 17.1 Å². The molecule has 0 aromatic rings. The molecule has 0 aliphatic heterocycles. The van der Waals surface area contributed by atoms with Crippen LogP contribution in [0.25, 0.3) is 0 Å². The third kappa shape index (κ3) is 2.06. The average Bonchev–Trinajstić information content (AvgIpc) is 2.79. The van der Waals surface area contributed by atoms with Gasteiger partial charge in [-0.05, 0) is 62.7 Å². The molecule has 0 amide bonds. The molecule has 0 bridgehead atoms. The van der Waals surface area contributed by atoms with Crippen molar-refractivity contribution in [3.8, 4) is 0 Å². The molecule has 152 valence electrons. The molecule has 3 unspecified atom stereocenters. The number of carbonyl (C=O) groups excluding carboxylic acids is 2. The predicted molar refractivity (Wildman–Crippen MR) is 98.7 cm³/mol. The number of hydrogen-bond acceptors (Lipinski definition) is 4. The fourth-order valence-electron chi connectivity index (χ4n) is 8.14. The highest BCUT2D eigenvalue weighted by atomic mass is 19.1. The lowest BCUT2D eigenvalue weighted by atomic mass is 9.42. The number of hydrogen-bond donors (Lipinski definition) is 2. The highest BCUT2D eigenvalue weighted by molar-refractivity contribution is 5.86. The number of alkyl halides is 1. The molecule has 4 nitrogen and oxygen atoms in total. The molecule has 0 aromatic carbocycles. The third-order valence-corrected chi connectivity index (χ3v) is 9.67. The molecule has 0 heterocycles. The van der Waals surface area contributed by atoms with Gasteiger partial charge in [0, 0.05) is 23.7 Å². The third-order valence-electron chi connectivity index (χ3n) is 9.67. The minimum Gasteiger partial charge on any atom is -0.390 e. The number of Topliss-reactive ketones (excluding diaryl/α,β-unsaturated/α-hetero) is 2. The molecule has 4 saturated carbocycles. The minimum absolute atomic E-state index is 0.0236. The molecule has 0 spiro atoms. The van der Waals surface area contributed by atoms with Crippen LogP contribution in [0.4, 0.5) is 4.39 Å². The second-order valence-electron chi connectivity index (χ2n) is 10.5. The van der Waals surface area contributed by atoms with E-state index < -0.39 is 28.2 Å². The summed E-state index contributed by atoms with van der Waals surface area (Å²) in [4.78, 5) is 24.4. The van der Waals surface area contributed by atoms with E-state index >= 15 is 4.39 Å². The van der Waals surface area contributed by atoms with Crippen molar-refractivity contribution in [1.82, 2.24) is 0 Å². The molecule has 5 heteroatoms. The largest absolute Gasteiger partial charge is 0.390 e. The van der Waals surface area contributed by atoms with E-state index in [0.717, 1.165) is 6.42 Å². The van der Waals surface area contributed by atoms with Gasteiger partial charge in [-0.1, -0.05) is 20.8 Å². The van der Waals surface area contributed by atoms with E-state index in [1.807, 2.05) is 20.8 Å². The van der Waals surface area contributed by atoms with Crippen LogP contribution < -0.4 is 0 Å². The van der Waals surface area contributed by atoms with Crippen molar-refractivity contribution in [2.24, 2.45) is 34.5 Å². The van der Waals surface area contributed by atoms with E-state index in [2.05, 4.69) is 0 Å². The summed E-state index contributed by atoms with van der Waals surface area (Å²) in [5, 5.41) is 22.6. The zero-order valence-electron chi connectivity index (χ0n) is 16.9. The molecule has 0 aromatic heterocycles. The highest BCUT2D eigenvalue weighted by Gasteiger charge is 2.75. The Kier molecular flexibility index (Phi) is 4.06. The van der Waals surface area contributed by atoms with E-state index in [1.165, 1.54) is 6.92 Å². The monoisotopic (exact) mass is 380 g/mol. The number of rotatable bonds is 1. The van der Waals surface area contributed by atoms with Gasteiger partial charge in [0.25, 0.3) is 0 Å². The second-order valence-corrected chi connectivity index (χ2v) is 10.5. The number of aliphatic hydroxyl groups excluding tert-OH is 1. The topological polar surface area (TPSA) is 74.6 Å². The second kappa shape index (κ2) is 5.63. The van der Waals surface area contributed by atoms with Gasteiger partial charge in [0.15, 0.2) is 5.78 Å². The fraction of sp³-hybridized carbons (Fsp3) is 0.909. The maximum Gasteiger partial charge on any atom is 0.162 e. The molecule has 2 N–H and O–H groups in total. The van der Waals surface area contributed by atoms with Crippen molar-refractivity contribution in [2.75, 3.05) is 0 Å². The summed E-state index contributed by atoms with van der Waals surface area (Å²) >= 11 is 0. The minimum atomic E-state index is -1.76. The van der Waals surface area contributed by atoms with E-state index in [4.69, 9.17) is 0 Å². The Morgan fingerprint density at radius 2 is 1.85 bits per heavy atom. The standard InChI is InChI=1S/C22H33FO4/c1-12-9-17-16-6-5-14-10-15(25)7-8-19(14,3)21(16,23)18(26)11-20(17,4)22(12,27)13(2)24/h12,14,16-18,26-27H,5-11H2,1-4H3/t12?,14?,16-,17-,18?,19-,20-,21-,22-/m0/s1. The predicted octanol–water partition coefficient (Wildman–Crippen LogP) is 3.23. The first-order valence-electron chi connectivity index (χ1n) is 10.5. The number of fused-ring (bicyclic) bond motifs is 5. The number of halogens is 1. The molecule has 0 saturated heterocycles. The normalized spacial score (nSPS) is 57.6. The molecule has 4 aliphatic rings. The van der Waals surface area contributed by atoms with Gasteiger partial charge in [-0.25, -0.2) is 4.39 Å². The lowest BCUT2D eigenvalue weighted by Crippen LogP contribution is -2.71. The SMILES string of the molecule is CC(=O)[C@@]1(O)C(C)C[C@H]2[C@@H]3CCC4CC(=O)CC[C@]4(C)[C@@]3(F)C(O)C[C@@]21C. The van der Waals surface area contributed by atoms with E-state index in [0.29, 0.717) is 32.1 Å². The van der Waals surface area contributed by atoms with Gasteiger partial charge in [-0.3, -0.25) is 9.59 Å². The van der Waals surface area contributed by atoms with Crippen molar-refractivity contribution in [3.63, 3.8) is 0 Å². The Bertz CT molecular complexity index is 694. The van der Waals surface area contributed by atoms with Crippen molar-refractivity contribution in [2.45, 2.75) is 90.0 Å². The van der Waals surface area contributed by atoms with Crippen LogP contribution >= 0.6 is 0 Å². The summed E-state index contributed by atoms with van der Waals surface area (Å²) in [6, 6.07) is 0. The van der Waals surface area contributed by atoms with Gasteiger partial charge in [-0.15, -0.1) is 0 Å². The van der Waals surface area contributed by atoms with Gasteiger partial charge in [0.05, 0.1) is 6.10 Å². The van der Waals surface area contributed by atoms with E-state index in [9.17, 15) is 19.8 Å². The molecule has 27 heavy (non-hydrogen) atoms. The summed E-state index contributed by atoms with van der Waals surface area (Å²) < 4.78 is 16.9. The summed E-state index contributed by atoms with van der Waals surface area (Å²) in [5.41, 5.74) is -4.81. The smallest absolute Gasteiger partial charge is 0.162 e. The Balaban J connectivity index is 1.80. The molecule has 0 radical (unpaired) electrons. The Hall–Kier alpha value is -0.810. The number of carbonyl (C=O) groups is 2. The van der Waals surface area contributed by atoms with Gasteiger partial charge in [-0.2, -0.15) is 0 Å². The number of aliphatic hydroxyl groups is 2. The summed E-state index contributed by atoms with van der Waals surface area (Å²) in [5.74, 6) is -0.860. The van der Waals surface area contributed by atoms with Crippen molar-refractivity contribution >= 4 is 11.6 Å². The van der Waals surface area contributed by atoms with Crippen LogP contribution in [-0.2, 0) is 9.59 Å². The maximum atomic E-state index is 16.9. The van der Waals surface area contributed by atoms with Crippen LogP contribution in [0.3, 0.4) is 0 Å². The molecule has 4 rings (SSSR count). The van der Waals surface area contributed by atoms with Crippen LogP contribution in [0.1, 0.15) is 72.6 Å². The van der Waals surface area contributed by atoms with Gasteiger partial charge >= 0.3 is 0 Å². The van der Waals surface area contributed by atoms with Gasteiger partial charge < -0.3 is 10.2 Å². The van der Waals surface area contributed by atoms with Crippen LogP contribution in [0.2, 0.25) is 0 Å². The van der Waals surface area contributed by atoms with Gasteiger partial charge in [0.2, 0.25) is 0 Å². The first-order chi connectivity index (χ1) is 12.4. The number of ketones is 2. The lowest BCUT2D eigenvalue weighted by Gasteiger charge is -2.65. The van der Waals surface area contributed by atoms with Crippen LogP contribution in [0, 0.1) is 34.5 Å². The molecule has 9 atom stereocenters. The Labute approximate surface area is 160 Å². The first kappa shape index (κ1) is 19.5. The molecule has 4 fully saturated rings. The zero-order chi connectivity index (χ0) is 20.0. The van der Waals surface area contributed by atoms with Crippen LogP contribution in [0.15, 0.2) is 0 Å². The van der Waals surface area contributed by atoms with Crippen molar-refractivity contribution in [1.29, 1.82) is 0 Å². The van der Waals surface area contributed by atoms with E-state index in [-0.39, 0.29) is 41.7 Å². The fourth-order valence-corrected chi connectivity index (χ4v) is 8.14. The summed E-state index contributed by atoms with van der Waals surface area (Å²) in [6.07, 6.45) is 2.16. The molecular formula is C22H33FO4. The van der Waals surface area contributed by atoms with Crippen molar-refractivity contribution in [3.05, 3.63) is 0 Å².